The summed E-state index contributed by atoms with van der Waals surface area (Å²) in [5.41, 5.74) is 1.98. The highest BCUT2D eigenvalue weighted by atomic mass is 16.2. The standard InChI is InChI=1S/C21H26N4O3/c1-3-25-16(12-13-22-25)15-23(2)19(26)11-5-4-8-14-24-20(27)17-9-6-7-10-18(17)21(24)28/h6-7,9-10,12-13H,3-5,8,11,14-15H2,1-2H3. The molecule has 28 heavy (non-hydrogen) atoms. The van der Waals surface area contributed by atoms with Crippen LogP contribution in [0.4, 0.5) is 0 Å². The van der Waals surface area contributed by atoms with E-state index in [0.717, 1.165) is 25.1 Å². The summed E-state index contributed by atoms with van der Waals surface area (Å²) in [6.45, 7) is 3.74. The van der Waals surface area contributed by atoms with Gasteiger partial charge in [0.25, 0.3) is 11.8 Å². The monoisotopic (exact) mass is 382 g/mol. The molecule has 1 aromatic carbocycles. The number of imide groups is 1. The van der Waals surface area contributed by atoms with Crippen LogP contribution in [-0.4, -0.2) is 50.9 Å². The molecule has 0 unspecified atom stereocenters. The molecular formula is C21H26N4O3. The third-order valence-corrected chi connectivity index (χ3v) is 5.08. The van der Waals surface area contributed by atoms with Gasteiger partial charge in [-0.3, -0.25) is 24.0 Å². The molecule has 0 saturated heterocycles. The van der Waals surface area contributed by atoms with Gasteiger partial charge in [0.1, 0.15) is 0 Å². The van der Waals surface area contributed by atoms with Crippen molar-refractivity contribution >= 4 is 17.7 Å². The van der Waals surface area contributed by atoms with Crippen LogP contribution in [0.5, 0.6) is 0 Å². The van der Waals surface area contributed by atoms with Crippen molar-refractivity contribution in [2.75, 3.05) is 13.6 Å². The minimum atomic E-state index is -0.219. The van der Waals surface area contributed by atoms with Gasteiger partial charge in [0, 0.05) is 32.8 Å². The van der Waals surface area contributed by atoms with Crippen molar-refractivity contribution < 1.29 is 14.4 Å². The fourth-order valence-corrected chi connectivity index (χ4v) is 3.47. The molecule has 0 fully saturated rings. The van der Waals surface area contributed by atoms with E-state index in [1.807, 2.05) is 17.7 Å². The number of fused-ring (bicyclic) bond motifs is 1. The van der Waals surface area contributed by atoms with E-state index in [-0.39, 0.29) is 17.7 Å². The number of nitrogens with zero attached hydrogens (tertiary/aromatic N) is 4. The van der Waals surface area contributed by atoms with Crippen LogP contribution in [0.1, 0.15) is 59.0 Å². The van der Waals surface area contributed by atoms with Gasteiger partial charge in [-0.25, -0.2) is 0 Å². The zero-order valence-electron chi connectivity index (χ0n) is 16.4. The van der Waals surface area contributed by atoms with Crippen LogP contribution in [0.15, 0.2) is 36.5 Å². The van der Waals surface area contributed by atoms with Crippen molar-refractivity contribution in [2.45, 2.75) is 45.7 Å². The molecule has 0 atom stereocenters. The zero-order valence-corrected chi connectivity index (χ0v) is 16.4. The molecule has 3 rings (SSSR count). The predicted octanol–water partition coefficient (Wildman–Crippen LogP) is 2.72. The summed E-state index contributed by atoms with van der Waals surface area (Å²) in [5, 5.41) is 4.22. The highest BCUT2D eigenvalue weighted by molar-refractivity contribution is 6.21. The molecule has 0 bridgehead atoms. The Morgan fingerprint density at radius 3 is 2.36 bits per heavy atom. The molecule has 1 aromatic heterocycles. The van der Waals surface area contributed by atoms with Gasteiger partial charge in [-0.1, -0.05) is 18.6 Å². The first-order valence-corrected chi connectivity index (χ1v) is 9.72. The Hall–Kier alpha value is -2.96. The Balaban J connectivity index is 1.39. The first-order valence-electron chi connectivity index (χ1n) is 9.72. The van der Waals surface area contributed by atoms with Crippen LogP contribution >= 0.6 is 0 Å². The van der Waals surface area contributed by atoms with Gasteiger partial charge in [0.15, 0.2) is 0 Å². The highest BCUT2D eigenvalue weighted by Gasteiger charge is 2.34. The van der Waals surface area contributed by atoms with E-state index in [4.69, 9.17) is 0 Å². The quantitative estimate of drug-likeness (QED) is 0.494. The number of aryl methyl sites for hydroxylation is 1. The summed E-state index contributed by atoms with van der Waals surface area (Å²) >= 11 is 0. The fraction of sp³-hybridized carbons (Fsp3) is 0.429. The Morgan fingerprint density at radius 2 is 1.71 bits per heavy atom. The van der Waals surface area contributed by atoms with E-state index < -0.39 is 0 Å². The second kappa shape index (κ2) is 8.82. The molecular weight excluding hydrogens is 356 g/mol. The first kappa shape index (κ1) is 19.8. The Kier molecular flexibility index (Phi) is 6.23. The number of hydrogen-bond donors (Lipinski definition) is 0. The van der Waals surface area contributed by atoms with E-state index in [2.05, 4.69) is 5.10 Å². The molecule has 0 spiro atoms. The van der Waals surface area contributed by atoms with Crippen molar-refractivity contribution in [3.05, 3.63) is 53.3 Å². The lowest BCUT2D eigenvalue weighted by Gasteiger charge is -2.18. The summed E-state index contributed by atoms with van der Waals surface area (Å²) < 4.78 is 1.88. The zero-order chi connectivity index (χ0) is 20.1. The van der Waals surface area contributed by atoms with Crippen LogP contribution in [-0.2, 0) is 17.9 Å². The Morgan fingerprint density at radius 1 is 1.04 bits per heavy atom. The Labute approximate surface area is 164 Å². The summed E-state index contributed by atoms with van der Waals surface area (Å²) in [7, 11) is 1.80. The fourth-order valence-electron chi connectivity index (χ4n) is 3.47. The molecule has 0 radical (unpaired) electrons. The first-order chi connectivity index (χ1) is 13.5. The predicted molar refractivity (Wildman–Crippen MR) is 105 cm³/mol. The van der Waals surface area contributed by atoms with Crippen LogP contribution in [0, 0.1) is 0 Å². The smallest absolute Gasteiger partial charge is 0.261 e. The molecule has 0 saturated carbocycles. The van der Waals surface area contributed by atoms with Crippen molar-refractivity contribution in [1.29, 1.82) is 0 Å². The van der Waals surface area contributed by atoms with E-state index in [0.29, 0.717) is 37.1 Å². The molecule has 1 aliphatic rings. The number of rotatable bonds is 9. The van der Waals surface area contributed by atoms with Gasteiger partial charge >= 0.3 is 0 Å². The minimum Gasteiger partial charge on any atom is -0.340 e. The third kappa shape index (κ3) is 4.13. The van der Waals surface area contributed by atoms with Crippen LogP contribution < -0.4 is 0 Å². The topological polar surface area (TPSA) is 75.5 Å². The molecule has 148 valence electrons. The largest absolute Gasteiger partial charge is 0.340 e. The van der Waals surface area contributed by atoms with E-state index in [1.165, 1.54) is 4.90 Å². The number of hydrogen-bond acceptors (Lipinski definition) is 4. The normalized spacial score (nSPS) is 13.1. The number of benzene rings is 1. The molecule has 2 heterocycles. The lowest BCUT2D eigenvalue weighted by atomic mass is 10.1. The number of amides is 3. The van der Waals surface area contributed by atoms with Gasteiger partial charge in [0.05, 0.1) is 23.4 Å². The van der Waals surface area contributed by atoms with Gasteiger partial charge in [-0.2, -0.15) is 5.10 Å². The maximum absolute atomic E-state index is 12.3. The third-order valence-electron chi connectivity index (χ3n) is 5.08. The molecule has 0 N–H and O–H groups in total. The van der Waals surface area contributed by atoms with Crippen LogP contribution in [0.2, 0.25) is 0 Å². The summed E-state index contributed by atoms with van der Waals surface area (Å²) in [6, 6.07) is 8.84. The Bertz CT molecular complexity index is 839. The van der Waals surface area contributed by atoms with Crippen molar-refractivity contribution in [1.82, 2.24) is 19.6 Å². The molecule has 7 nitrogen and oxygen atoms in total. The molecule has 7 heteroatoms. The highest BCUT2D eigenvalue weighted by Crippen LogP contribution is 2.22. The average Bonchev–Trinajstić information content (AvgIpc) is 3.25. The van der Waals surface area contributed by atoms with E-state index >= 15 is 0 Å². The number of unbranched alkanes of at least 4 members (excludes halogenated alkanes) is 2. The second-order valence-corrected chi connectivity index (χ2v) is 7.01. The lowest BCUT2D eigenvalue weighted by Crippen LogP contribution is -2.30. The maximum Gasteiger partial charge on any atom is 0.261 e. The van der Waals surface area contributed by atoms with Crippen molar-refractivity contribution in [2.24, 2.45) is 0 Å². The maximum atomic E-state index is 12.3. The second-order valence-electron chi connectivity index (χ2n) is 7.01. The van der Waals surface area contributed by atoms with E-state index in [1.54, 1.807) is 42.4 Å². The summed E-state index contributed by atoms with van der Waals surface area (Å²) in [5.74, 6) is -0.350. The number of carbonyl (C=O) groups is 3. The minimum absolute atomic E-state index is 0.0876. The van der Waals surface area contributed by atoms with Crippen molar-refractivity contribution in [3.8, 4) is 0 Å². The molecule has 0 aliphatic carbocycles. The van der Waals surface area contributed by atoms with E-state index in [9.17, 15) is 14.4 Å². The van der Waals surface area contributed by atoms with Crippen LogP contribution in [0.3, 0.4) is 0 Å². The lowest BCUT2D eigenvalue weighted by molar-refractivity contribution is -0.130. The van der Waals surface area contributed by atoms with Gasteiger partial charge in [0.2, 0.25) is 5.91 Å². The SMILES string of the molecule is CCn1nccc1CN(C)C(=O)CCCCCN1C(=O)c2ccccc2C1=O. The number of aromatic nitrogens is 2. The average molecular weight is 382 g/mol. The summed E-state index contributed by atoms with van der Waals surface area (Å²) in [6.07, 6.45) is 4.43. The van der Waals surface area contributed by atoms with Crippen molar-refractivity contribution in [3.63, 3.8) is 0 Å². The summed E-state index contributed by atoms with van der Waals surface area (Å²) in [4.78, 5) is 40.0. The number of carbonyl (C=O) groups excluding carboxylic acids is 3. The van der Waals surface area contributed by atoms with Gasteiger partial charge in [-0.05, 0) is 38.0 Å². The molecule has 1 aliphatic heterocycles. The van der Waals surface area contributed by atoms with Crippen LogP contribution in [0.25, 0.3) is 0 Å². The van der Waals surface area contributed by atoms with Gasteiger partial charge < -0.3 is 4.90 Å². The van der Waals surface area contributed by atoms with Gasteiger partial charge in [-0.15, -0.1) is 0 Å². The molecule has 2 aromatic rings. The molecule has 3 amide bonds.